The molecule has 2 rings (SSSR count). The molecule has 2 N–H and O–H groups in total. The van der Waals surface area contributed by atoms with Crippen molar-refractivity contribution in [3.05, 3.63) is 60.1 Å². The lowest BCUT2D eigenvalue weighted by Gasteiger charge is -2.15. The average molecular weight is 231 g/mol. The Morgan fingerprint density at radius 2 is 2.00 bits per heavy atom. The maximum atomic E-state index is 11.7. The van der Waals surface area contributed by atoms with E-state index in [0.29, 0.717) is 0 Å². The van der Waals surface area contributed by atoms with Crippen molar-refractivity contribution < 1.29 is 14.3 Å². The molecule has 0 spiro atoms. The lowest BCUT2D eigenvalue weighted by molar-refractivity contribution is 0.0888. The smallest absolute Gasteiger partial charge is 0.287 e. The topological polar surface area (TPSA) is 62.5 Å². The van der Waals surface area contributed by atoms with Gasteiger partial charge in [0.05, 0.1) is 18.9 Å². The molecule has 1 amide bonds. The van der Waals surface area contributed by atoms with Crippen LogP contribution in [0.5, 0.6) is 0 Å². The van der Waals surface area contributed by atoms with Crippen molar-refractivity contribution in [2.24, 2.45) is 0 Å². The Balaban J connectivity index is 2.09. The highest BCUT2D eigenvalue weighted by Gasteiger charge is 2.15. The zero-order valence-electron chi connectivity index (χ0n) is 9.17. The first-order valence-corrected chi connectivity index (χ1v) is 5.31. The number of hydrogen-bond donors (Lipinski definition) is 2. The Bertz CT molecular complexity index is 465. The second-order valence-corrected chi connectivity index (χ2v) is 3.60. The maximum Gasteiger partial charge on any atom is 0.287 e. The van der Waals surface area contributed by atoms with Crippen LogP contribution in [-0.2, 0) is 0 Å². The zero-order chi connectivity index (χ0) is 12.1. The van der Waals surface area contributed by atoms with Crippen LogP contribution in [0.15, 0.2) is 53.1 Å². The highest BCUT2D eigenvalue weighted by Crippen LogP contribution is 2.12. The first-order valence-electron chi connectivity index (χ1n) is 5.31. The molecule has 1 atom stereocenters. The Kier molecular flexibility index (Phi) is 3.57. The standard InChI is InChI=1S/C13H13NO3/c15-9-11(10-5-2-1-3-6-10)14-13(16)12-7-4-8-17-12/h1-8,11,15H,9H2,(H,14,16)/t11-/m0/s1. The molecule has 4 heteroatoms. The van der Waals surface area contributed by atoms with E-state index in [-0.39, 0.29) is 18.3 Å². The second-order valence-electron chi connectivity index (χ2n) is 3.60. The summed E-state index contributed by atoms with van der Waals surface area (Å²) in [5.41, 5.74) is 0.856. The predicted octanol–water partition coefficient (Wildman–Crippen LogP) is 1.74. The van der Waals surface area contributed by atoms with Crippen molar-refractivity contribution >= 4 is 5.91 Å². The van der Waals surface area contributed by atoms with E-state index < -0.39 is 6.04 Å². The van der Waals surface area contributed by atoms with Gasteiger partial charge in [-0.2, -0.15) is 0 Å². The van der Waals surface area contributed by atoms with Gasteiger partial charge in [0, 0.05) is 0 Å². The Morgan fingerprint density at radius 1 is 1.24 bits per heavy atom. The van der Waals surface area contributed by atoms with Gasteiger partial charge in [-0.25, -0.2) is 0 Å². The fourth-order valence-electron chi connectivity index (χ4n) is 1.56. The van der Waals surface area contributed by atoms with Gasteiger partial charge in [0.25, 0.3) is 5.91 Å². The largest absolute Gasteiger partial charge is 0.459 e. The van der Waals surface area contributed by atoms with Crippen LogP contribution in [0.25, 0.3) is 0 Å². The zero-order valence-corrected chi connectivity index (χ0v) is 9.17. The van der Waals surface area contributed by atoms with Gasteiger partial charge in [0.15, 0.2) is 5.76 Å². The lowest BCUT2D eigenvalue weighted by atomic mass is 10.1. The third-order valence-corrected chi connectivity index (χ3v) is 2.43. The summed E-state index contributed by atoms with van der Waals surface area (Å²) in [5.74, 6) is -0.0997. The van der Waals surface area contributed by atoms with Crippen LogP contribution >= 0.6 is 0 Å². The van der Waals surface area contributed by atoms with Crippen molar-refractivity contribution in [1.82, 2.24) is 5.32 Å². The average Bonchev–Trinajstić information content (AvgIpc) is 2.90. The van der Waals surface area contributed by atoms with Crippen molar-refractivity contribution in [3.8, 4) is 0 Å². The van der Waals surface area contributed by atoms with Crippen molar-refractivity contribution in [1.29, 1.82) is 0 Å². The summed E-state index contributed by atoms with van der Waals surface area (Å²) < 4.78 is 4.98. The minimum Gasteiger partial charge on any atom is -0.459 e. The molecular formula is C13H13NO3. The fraction of sp³-hybridized carbons (Fsp3) is 0.154. The van der Waals surface area contributed by atoms with Crippen LogP contribution < -0.4 is 5.32 Å². The van der Waals surface area contributed by atoms with E-state index in [1.807, 2.05) is 30.3 Å². The predicted molar refractivity (Wildman–Crippen MR) is 62.4 cm³/mol. The van der Waals surface area contributed by atoms with Gasteiger partial charge in [-0.15, -0.1) is 0 Å². The summed E-state index contributed by atoms with van der Waals surface area (Å²) in [4.78, 5) is 11.7. The van der Waals surface area contributed by atoms with E-state index in [4.69, 9.17) is 4.42 Å². The molecule has 1 heterocycles. The Hall–Kier alpha value is -2.07. The van der Waals surface area contributed by atoms with Crippen LogP contribution in [0.2, 0.25) is 0 Å². The van der Waals surface area contributed by atoms with Crippen LogP contribution in [0, 0.1) is 0 Å². The van der Waals surface area contributed by atoms with Gasteiger partial charge in [0.2, 0.25) is 0 Å². The first kappa shape index (κ1) is 11.4. The van der Waals surface area contributed by atoms with E-state index in [1.54, 1.807) is 12.1 Å². The van der Waals surface area contributed by atoms with E-state index in [1.165, 1.54) is 6.26 Å². The number of aliphatic hydroxyl groups is 1. The highest BCUT2D eigenvalue weighted by molar-refractivity contribution is 5.91. The van der Waals surface area contributed by atoms with Gasteiger partial charge < -0.3 is 14.8 Å². The molecule has 0 aliphatic carbocycles. The molecule has 0 aliphatic rings. The maximum absolute atomic E-state index is 11.7. The molecule has 0 aliphatic heterocycles. The SMILES string of the molecule is O=C(N[C@@H](CO)c1ccccc1)c1ccco1. The number of nitrogens with one attached hydrogen (secondary N) is 1. The molecule has 4 nitrogen and oxygen atoms in total. The molecule has 2 aromatic rings. The monoisotopic (exact) mass is 231 g/mol. The molecule has 0 bridgehead atoms. The Morgan fingerprint density at radius 3 is 2.59 bits per heavy atom. The van der Waals surface area contributed by atoms with E-state index in [9.17, 15) is 9.90 Å². The van der Waals surface area contributed by atoms with Crippen LogP contribution in [0.4, 0.5) is 0 Å². The number of amides is 1. The number of rotatable bonds is 4. The molecule has 0 radical (unpaired) electrons. The molecule has 0 saturated heterocycles. The van der Waals surface area contributed by atoms with Crippen LogP contribution in [0.3, 0.4) is 0 Å². The van der Waals surface area contributed by atoms with Gasteiger partial charge in [-0.3, -0.25) is 4.79 Å². The summed E-state index contributed by atoms with van der Waals surface area (Å²) in [5, 5.41) is 12.0. The Labute approximate surface area is 98.9 Å². The fourth-order valence-corrected chi connectivity index (χ4v) is 1.56. The minimum absolute atomic E-state index is 0.156. The molecule has 0 saturated carbocycles. The number of benzene rings is 1. The van der Waals surface area contributed by atoms with E-state index in [2.05, 4.69) is 5.32 Å². The van der Waals surface area contributed by atoms with E-state index in [0.717, 1.165) is 5.56 Å². The lowest BCUT2D eigenvalue weighted by Crippen LogP contribution is -2.30. The second kappa shape index (κ2) is 5.32. The normalized spacial score (nSPS) is 12.1. The number of aliphatic hydroxyl groups excluding tert-OH is 1. The molecule has 17 heavy (non-hydrogen) atoms. The molecule has 1 aromatic carbocycles. The van der Waals surface area contributed by atoms with Crippen LogP contribution in [-0.4, -0.2) is 17.6 Å². The van der Waals surface area contributed by atoms with Gasteiger partial charge in [-0.1, -0.05) is 30.3 Å². The number of carbonyl (C=O) groups is 1. The molecule has 1 aromatic heterocycles. The van der Waals surface area contributed by atoms with Crippen LogP contribution in [0.1, 0.15) is 22.2 Å². The highest BCUT2D eigenvalue weighted by atomic mass is 16.3. The van der Waals surface area contributed by atoms with Crippen molar-refractivity contribution in [2.75, 3.05) is 6.61 Å². The van der Waals surface area contributed by atoms with Crippen molar-refractivity contribution in [2.45, 2.75) is 6.04 Å². The van der Waals surface area contributed by atoms with Crippen molar-refractivity contribution in [3.63, 3.8) is 0 Å². The number of hydrogen-bond acceptors (Lipinski definition) is 3. The number of carbonyl (C=O) groups excluding carboxylic acids is 1. The quantitative estimate of drug-likeness (QED) is 0.842. The molecular weight excluding hydrogens is 218 g/mol. The number of furan rings is 1. The molecule has 0 unspecified atom stereocenters. The molecule has 0 fully saturated rings. The first-order chi connectivity index (χ1) is 8.31. The van der Waals surface area contributed by atoms with Gasteiger partial charge in [0.1, 0.15) is 0 Å². The summed E-state index contributed by atoms with van der Waals surface area (Å²) >= 11 is 0. The van der Waals surface area contributed by atoms with Gasteiger partial charge in [-0.05, 0) is 17.7 Å². The van der Waals surface area contributed by atoms with Gasteiger partial charge >= 0.3 is 0 Å². The summed E-state index contributed by atoms with van der Waals surface area (Å²) in [6, 6.07) is 12.1. The summed E-state index contributed by atoms with van der Waals surface area (Å²) in [7, 11) is 0. The third-order valence-electron chi connectivity index (χ3n) is 2.43. The molecule has 88 valence electrons. The summed E-state index contributed by atoms with van der Waals surface area (Å²) in [6.07, 6.45) is 1.44. The minimum atomic E-state index is -0.422. The van der Waals surface area contributed by atoms with E-state index >= 15 is 0 Å². The summed E-state index contributed by atoms with van der Waals surface area (Å²) in [6.45, 7) is -0.156. The third kappa shape index (κ3) is 2.73.